The number of aromatic nitrogens is 4. The Morgan fingerprint density at radius 3 is 2.86 bits per heavy atom. The van der Waals surface area contributed by atoms with Crippen LogP contribution in [0.3, 0.4) is 0 Å². The molecule has 1 aromatic carbocycles. The lowest BCUT2D eigenvalue weighted by molar-refractivity contribution is -0.127. The zero-order chi connectivity index (χ0) is 24.8. The number of piperazine rings is 1. The third-order valence-electron chi connectivity index (χ3n) is 7.00. The van der Waals surface area contributed by atoms with Crippen molar-refractivity contribution in [3.63, 3.8) is 0 Å². The second-order valence-electron chi connectivity index (χ2n) is 9.02. The summed E-state index contributed by atoms with van der Waals surface area (Å²) in [5.41, 5.74) is 6.09. The van der Waals surface area contributed by atoms with Crippen molar-refractivity contribution in [1.82, 2.24) is 24.3 Å². The standard InChI is InChI=1S/C27H25N7O2/c1-3-26(35)31-7-8-33-22(16-31)17-36-25-10-18(5-6-24(25)33)23-9-19(21-13-29-32(4-2)14-21)15-34-27(23)20(11-28)12-30-34/h3,5-6,9-10,12-15,22H,1,4,7-8,16-17H2,2H3/t22-/m0/s1. The van der Waals surface area contributed by atoms with Gasteiger partial charge in [-0.2, -0.15) is 15.5 Å². The average Bonchev–Trinajstić information content (AvgIpc) is 3.58. The van der Waals surface area contributed by atoms with Crippen LogP contribution in [0.5, 0.6) is 5.75 Å². The first-order valence-corrected chi connectivity index (χ1v) is 12.0. The largest absolute Gasteiger partial charge is 0.489 e. The highest BCUT2D eigenvalue weighted by Crippen LogP contribution is 2.40. The molecule has 1 saturated heterocycles. The Morgan fingerprint density at radius 1 is 1.19 bits per heavy atom. The summed E-state index contributed by atoms with van der Waals surface area (Å²) >= 11 is 0. The molecular weight excluding hydrogens is 454 g/mol. The van der Waals surface area contributed by atoms with Crippen LogP contribution < -0.4 is 9.64 Å². The quantitative estimate of drug-likeness (QED) is 0.417. The van der Waals surface area contributed by atoms with E-state index in [1.54, 1.807) is 10.7 Å². The fourth-order valence-corrected chi connectivity index (χ4v) is 5.13. The molecule has 0 bridgehead atoms. The summed E-state index contributed by atoms with van der Waals surface area (Å²) in [6.07, 6.45) is 8.75. The summed E-state index contributed by atoms with van der Waals surface area (Å²) < 4.78 is 9.84. The van der Waals surface area contributed by atoms with Gasteiger partial charge in [-0.05, 0) is 36.8 Å². The highest BCUT2D eigenvalue weighted by molar-refractivity contribution is 5.89. The molecule has 3 aromatic heterocycles. The lowest BCUT2D eigenvalue weighted by atomic mass is 9.98. The van der Waals surface area contributed by atoms with Crippen molar-refractivity contribution >= 4 is 17.1 Å². The Labute approximate surface area is 208 Å². The number of carbonyl (C=O) groups excluding carboxylic acids is 1. The summed E-state index contributed by atoms with van der Waals surface area (Å²) in [4.78, 5) is 16.2. The van der Waals surface area contributed by atoms with E-state index in [9.17, 15) is 10.1 Å². The number of pyridine rings is 1. The van der Waals surface area contributed by atoms with Gasteiger partial charge in [0.25, 0.3) is 0 Å². The Hall–Kier alpha value is -4.58. The smallest absolute Gasteiger partial charge is 0.246 e. The van der Waals surface area contributed by atoms with Gasteiger partial charge in [0.2, 0.25) is 5.91 Å². The van der Waals surface area contributed by atoms with Crippen LogP contribution in [0.4, 0.5) is 5.69 Å². The number of ether oxygens (including phenoxy) is 1. The van der Waals surface area contributed by atoms with Gasteiger partial charge in [-0.1, -0.05) is 12.6 Å². The van der Waals surface area contributed by atoms with Crippen molar-refractivity contribution < 1.29 is 9.53 Å². The maximum absolute atomic E-state index is 12.1. The normalized spacial score (nSPS) is 16.7. The van der Waals surface area contributed by atoms with Crippen molar-refractivity contribution in [2.24, 2.45) is 0 Å². The number of anilines is 1. The molecule has 9 heteroatoms. The first kappa shape index (κ1) is 21.9. The second-order valence-corrected chi connectivity index (χ2v) is 9.02. The van der Waals surface area contributed by atoms with E-state index in [1.165, 1.54) is 6.08 Å². The van der Waals surface area contributed by atoms with Gasteiger partial charge < -0.3 is 14.5 Å². The maximum Gasteiger partial charge on any atom is 0.246 e. The molecule has 0 spiro atoms. The SMILES string of the molecule is C=CC(=O)N1CCN2c3ccc(-c4cc(-c5cnn(CC)c5)cn5ncc(C#N)c45)cc3OC[C@@H]2C1. The van der Waals surface area contributed by atoms with Crippen molar-refractivity contribution in [2.45, 2.75) is 19.5 Å². The van der Waals surface area contributed by atoms with Gasteiger partial charge in [0.05, 0.1) is 35.2 Å². The third kappa shape index (κ3) is 3.50. The molecule has 4 aromatic rings. The van der Waals surface area contributed by atoms with Gasteiger partial charge in [-0.3, -0.25) is 9.48 Å². The average molecular weight is 480 g/mol. The zero-order valence-corrected chi connectivity index (χ0v) is 20.0. The van der Waals surface area contributed by atoms with Crippen molar-refractivity contribution in [3.05, 3.63) is 67.3 Å². The molecule has 1 fully saturated rings. The zero-order valence-electron chi connectivity index (χ0n) is 20.0. The highest BCUT2D eigenvalue weighted by atomic mass is 16.5. The van der Waals surface area contributed by atoms with Crippen LogP contribution in [-0.2, 0) is 11.3 Å². The molecule has 36 heavy (non-hydrogen) atoms. The van der Waals surface area contributed by atoms with Crippen LogP contribution in [0.2, 0.25) is 0 Å². The van der Waals surface area contributed by atoms with Crippen LogP contribution in [0, 0.1) is 11.3 Å². The van der Waals surface area contributed by atoms with Crippen LogP contribution >= 0.6 is 0 Å². The molecule has 0 unspecified atom stereocenters. The third-order valence-corrected chi connectivity index (χ3v) is 7.00. The molecule has 2 aliphatic rings. The number of hydrogen-bond acceptors (Lipinski definition) is 6. The summed E-state index contributed by atoms with van der Waals surface area (Å²) in [6.45, 7) is 8.94. The fraction of sp³-hybridized carbons (Fsp3) is 0.259. The van der Waals surface area contributed by atoms with E-state index in [-0.39, 0.29) is 11.9 Å². The first-order valence-electron chi connectivity index (χ1n) is 12.0. The Kier molecular flexibility index (Phi) is 5.22. The van der Waals surface area contributed by atoms with Gasteiger partial charge in [0.1, 0.15) is 18.4 Å². The summed E-state index contributed by atoms with van der Waals surface area (Å²) in [5, 5.41) is 18.6. The fourth-order valence-electron chi connectivity index (χ4n) is 5.13. The van der Waals surface area contributed by atoms with Crippen LogP contribution in [0.25, 0.3) is 27.8 Å². The Balaban J connectivity index is 1.41. The van der Waals surface area contributed by atoms with Gasteiger partial charge in [0.15, 0.2) is 0 Å². The molecule has 0 aliphatic carbocycles. The van der Waals surface area contributed by atoms with Crippen molar-refractivity contribution in [1.29, 1.82) is 5.26 Å². The lowest BCUT2D eigenvalue weighted by Crippen LogP contribution is -2.58. The molecule has 0 saturated carbocycles. The number of fused-ring (bicyclic) bond motifs is 4. The van der Waals surface area contributed by atoms with Gasteiger partial charge in [0, 0.05) is 55.3 Å². The minimum absolute atomic E-state index is 0.0433. The molecule has 1 amide bonds. The highest BCUT2D eigenvalue weighted by Gasteiger charge is 2.34. The topological polar surface area (TPSA) is 91.7 Å². The van der Waals surface area contributed by atoms with Crippen LogP contribution in [0.1, 0.15) is 12.5 Å². The van der Waals surface area contributed by atoms with E-state index in [4.69, 9.17) is 4.74 Å². The summed E-state index contributed by atoms with van der Waals surface area (Å²) in [6, 6.07) is 10.6. The van der Waals surface area contributed by atoms with E-state index >= 15 is 0 Å². The second kappa shape index (κ2) is 8.57. The summed E-state index contributed by atoms with van der Waals surface area (Å²) in [5.74, 6) is 0.755. The van der Waals surface area contributed by atoms with Gasteiger partial charge in [-0.15, -0.1) is 0 Å². The van der Waals surface area contributed by atoms with E-state index in [0.29, 0.717) is 25.3 Å². The van der Waals surface area contributed by atoms with Crippen LogP contribution in [-0.4, -0.2) is 62.5 Å². The van der Waals surface area contributed by atoms with E-state index in [1.807, 2.05) is 41.2 Å². The monoisotopic (exact) mass is 479 g/mol. The first-order chi connectivity index (χ1) is 17.6. The number of benzene rings is 1. The molecule has 0 N–H and O–H groups in total. The minimum atomic E-state index is -0.0433. The summed E-state index contributed by atoms with van der Waals surface area (Å²) in [7, 11) is 0. The van der Waals surface area contributed by atoms with Crippen molar-refractivity contribution in [2.75, 3.05) is 31.1 Å². The number of nitriles is 1. The number of nitrogens with zero attached hydrogens (tertiary/aromatic N) is 7. The Bertz CT molecular complexity index is 1540. The number of carbonyl (C=O) groups is 1. The molecule has 180 valence electrons. The Morgan fingerprint density at radius 2 is 2.08 bits per heavy atom. The van der Waals surface area contributed by atoms with E-state index in [0.717, 1.165) is 52.3 Å². The molecule has 0 radical (unpaired) electrons. The van der Waals surface area contributed by atoms with E-state index < -0.39 is 0 Å². The van der Waals surface area contributed by atoms with Crippen LogP contribution in [0.15, 0.2) is 61.7 Å². The number of hydrogen-bond donors (Lipinski definition) is 0. The number of aryl methyl sites for hydroxylation is 1. The molecule has 9 nitrogen and oxygen atoms in total. The predicted octanol–water partition coefficient (Wildman–Crippen LogP) is 3.35. The molecule has 2 aliphatic heterocycles. The van der Waals surface area contributed by atoms with Crippen molar-refractivity contribution in [3.8, 4) is 34.1 Å². The molecule has 5 heterocycles. The van der Waals surface area contributed by atoms with E-state index in [2.05, 4.69) is 45.9 Å². The molecule has 1 atom stereocenters. The van der Waals surface area contributed by atoms with Gasteiger partial charge in [-0.25, -0.2) is 4.52 Å². The molecular formula is C27H25N7O2. The maximum atomic E-state index is 12.1. The lowest BCUT2D eigenvalue weighted by Gasteiger charge is -2.45. The number of amides is 1. The minimum Gasteiger partial charge on any atom is -0.489 e. The van der Waals surface area contributed by atoms with Gasteiger partial charge >= 0.3 is 0 Å². The number of rotatable bonds is 4. The predicted molar refractivity (Wildman–Crippen MR) is 136 cm³/mol. The molecule has 6 rings (SSSR count).